The molecular formula is C22H27Cl2N3O3. The van der Waals surface area contributed by atoms with Crippen LogP contribution >= 0.6 is 23.2 Å². The summed E-state index contributed by atoms with van der Waals surface area (Å²) in [5.74, 6) is 0.802. The number of carbonyl (C=O) groups excluding carboxylic acids is 1. The molecule has 1 fully saturated rings. The number of hydrogen-bond donors (Lipinski definition) is 1. The zero-order valence-electron chi connectivity index (χ0n) is 17.2. The van der Waals surface area contributed by atoms with Gasteiger partial charge in [-0.3, -0.25) is 4.79 Å². The van der Waals surface area contributed by atoms with Crippen molar-refractivity contribution in [2.75, 3.05) is 13.2 Å². The molecule has 1 saturated carbocycles. The molecular weight excluding hydrogens is 425 g/mol. The lowest BCUT2D eigenvalue weighted by Crippen LogP contribution is -2.40. The van der Waals surface area contributed by atoms with Gasteiger partial charge < -0.3 is 14.8 Å². The maximum absolute atomic E-state index is 11.0. The molecule has 1 N–H and O–H groups in total. The summed E-state index contributed by atoms with van der Waals surface area (Å²) in [6, 6.07) is 7.78. The quantitative estimate of drug-likeness (QED) is 0.583. The standard InChI is InChI=1S/C22H27Cl2N3O3/c1-14(27-15(2)28)11-29-19-9-17(10-19)12-30-22-21(24)20(25-13-26-22)8-5-16-3-6-18(23)7-4-16/h3-4,6-7,13-14,17,19H,5,8-12H2,1-2H3,(H,27,28)/t14-,17?,19?/m0/s1. The van der Waals surface area contributed by atoms with Gasteiger partial charge >= 0.3 is 0 Å². The van der Waals surface area contributed by atoms with E-state index in [4.69, 9.17) is 32.7 Å². The van der Waals surface area contributed by atoms with Gasteiger partial charge in [0.15, 0.2) is 0 Å². The molecule has 6 nitrogen and oxygen atoms in total. The molecule has 0 bridgehead atoms. The van der Waals surface area contributed by atoms with Gasteiger partial charge in [0, 0.05) is 18.0 Å². The largest absolute Gasteiger partial charge is 0.476 e. The Balaban J connectivity index is 1.40. The third kappa shape index (κ3) is 6.83. The topological polar surface area (TPSA) is 73.3 Å². The van der Waals surface area contributed by atoms with Gasteiger partial charge in [0.05, 0.1) is 25.0 Å². The van der Waals surface area contributed by atoms with Crippen molar-refractivity contribution in [1.82, 2.24) is 15.3 Å². The zero-order chi connectivity index (χ0) is 21.5. The SMILES string of the molecule is CC(=O)N[C@@H](C)COC1CC(COc2ncnc(CCc3ccc(Cl)cc3)c2Cl)C1. The Hall–Kier alpha value is -1.89. The zero-order valence-corrected chi connectivity index (χ0v) is 18.7. The first-order chi connectivity index (χ1) is 14.4. The molecule has 0 spiro atoms. The van der Waals surface area contributed by atoms with Crippen molar-refractivity contribution in [3.63, 3.8) is 0 Å². The number of ether oxygens (including phenoxy) is 2. The molecule has 2 aromatic rings. The summed E-state index contributed by atoms with van der Waals surface area (Å²) in [5.41, 5.74) is 1.95. The Morgan fingerprint density at radius 3 is 2.63 bits per heavy atom. The van der Waals surface area contributed by atoms with Crippen LogP contribution in [0.4, 0.5) is 0 Å². The molecule has 8 heteroatoms. The number of rotatable bonds is 10. The molecule has 0 radical (unpaired) electrons. The number of halogens is 2. The van der Waals surface area contributed by atoms with Gasteiger partial charge in [0.1, 0.15) is 11.3 Å². The fourth-order valence-electron chi connectivity index (χ4n) is 3.39. The Morgan fingerprint density at radius 1 is 1.20 bits per heavy atom. The van der Waals surface area contributed by atoms with E-state index < -0.39 is 0 Å². The molecule has 0 unspecified atom stereocenters. The number of aromatic nitrogens is 2. The van der Waals surface area contributed by atoms with E-state index in [-0.39, 0.29) is 18.1 Å². The molecule has 1 atom stereocenters. The first-order valence-electron chi connectivity index (χ1n) is 10.2. The molecule has 0 saturated heterocycles. The van der Waals surface area contributed by atoms with Crippen molar-refractivity contribution >= 4 is 29.1 Å². The van der Waals surface area contributed by atoms with E-state index in [2.05, 4.69) is 15.3 Å². The lowest BCUT2D eigenvalue weighted by atomic mass is 9.83. The second kappa shape index (κ2) is 10.9. The minimum atomic E-state index is -0.0414. The van der Waals surface area contributed by atoms with Crippen molar-refractivity contribution in [2.45, 2.75) is 51.7 Å². The smallest absolute Gasteiger partial charge is 0.235 e. The van der Waals surface area contributed by atoms with Gasteiger partial charge in [-0.1, -0.05) is 35.3 Å². The van der Waals surface area contributed by atoms with E-state index in [0.717, 1.165) is 30.0 Å². The number of amides is 1. The Labute approximate surface area is 187 Å². The van der Waals surface area contributed by atoms with Gasteiger partial charge in [-0.25, -0.2) is 9.97 Å². The second-order valence-corrected chi connectivity index (χ2v) is 8.59. The molecule has 1 aliphatic rings. The van der Waals surface area contributed by atoms with Gasteiger partial charge in [-0.2, -0.15) is 0 Å². The minimum Gasteiger partial charge on any atom is -0.476 e. The Bertz CT molecular complexity index is 842. The molecule has 0 aliphatic heterocycles. The van der Waals surface area contributed by atoms with Gasteiger partial charge in [-0.05, 0) is 56.2 Å². The van der Waals surface area contributed by atoms with Crippen molar-refractivity contribution < 1.29 is 14.3 Å². The lowest BCUT2D eigenvalue weighted by molar-refractivity contribution is -0.120. The fraction of sp³-hybridized carbons (Fsp3) is 0.500. The third-order valence-electron chi connectivity index (χ3n) is 5.07. The van der Waals surface area contributed by atoms with Crippen LogP contribution in [-0.4, -0.2) is 41.2 Å². The van der Waals surface area contributed by atoms with Crippen LogP contribution in [0.2, 0.25) is 10.0 Å². The van der Waals surface area contributed by atoms with Crippen LogP contribution in [0.25, 0.3) is 0 Å². The normalized spacial score (nSPS) is 19.1. The average molecular weight is 452 g/mol. The number of nitrogens with one attached hydrogen (secondary N) is 1. The number of nitrogens with zero attached hydrogens (tertiary/aromatic N) is 2. The van der Waals surface area contributed by atoms with E-state index in [0.29, 0.717) is 36.5 Å². The monoisotopic (exact) mass is 451 g/mol. The van der Waals surface area contributed by atoms with E-state index in [9.17, 15) is 4.79 Å². The highest BCUT2D eigenvalue weighted by Gasteiger charge is 2.31. The summed E-state index contributed by atoms with van der Waals surface area (Å²) in [6.45, 7) is 4.51. The summed E-state index contributed by atoms with van der Waals surface area (Å²) in [7, 11) is 0. The maximum Gasteiger partial charge on any atom is 0.235 e. The van der Waals surface area contributed by atoms with Crippen LogP contribution in [-0.2, 0) is 22.4 Å². The van der Waals surface area contributed by atoms with Crippen LogP contribution < -0.4 is 10.1 Å². The van der Waals surface area contributed by atoms with Crippen LogP contribution in [0, 0.1) is 5.92 Å². The fourth-order valence-corrected chi connectivity index (χ4v) is 3.76. The highest BCUT2D eigenvalue weighted by molar-refractivity contribution is 6.32. The predicted octanol–water partition coefficient (Wildman–Crippen LogP) is 4.27. The Kier molecular flexibility index (Phi) is 8.31. The number of benzene rings is 1. The van der Waals surface area contributed by atoms with E-state index in [1.807, 2.05) is 31.2 Å². The van der Waals surface area contributed by atoms with Crippen LogP contribution in [0.5, 0.6) is 5.88 Å². The molecule has 3 rings (SSSR count). The maximum atomic E-state index is 11.0. The van der Waals surface area contributed by atoms with Crippen molar-refractivity contribution in [3.05, 3.63) is 51.9 Å². The van der Waals surface area contributed by atoms with Crippen molar-refractivity contribution in [3.8, 4) is 5.88 Å². The average Bonchev–Trinajstić information content (AvgIpc) is 2.67. The predicted molar refractivity (Wildman–Crippen MR) is 117 cm³/mol. The van der Waals surface area contributed by atoms with Crippen LogP contribution in [0.15, 0.2) is 30.6 Å². The first kappa shape index (κ1) is 22.8. The highest BCUT2D eigenvalue weighted by Crippen LogP contribution is 2.32. The van der Waals surface area contributed by atoms with Gasteiger partial charge in [-0.15, -0.1) is 0 Å². The summed E-state index contributed by atoms with van der Waals surface area (Å²) < 4.78 is 11.7. The minimum absolute atomic E-state index is 0.0175. The van der Waals surface area contributed by atoms with Crippen LogP contribution in [0.3, 0.4) is 0 Å². The van der Waals surface area contributed by atoms with E-state index in [1.165, 1.54) is 18.8 Å². The molecule has 1 heterocycles. The van der Waals surface area contributed by atoms with E-state index >= 15 is 0 Å². The molecule has 1 amide bonds. The summed E-state index contributed by atoms with van der Waals surface area (Å²) >= 11 is 12.4. The molecule has 1 aromatic carbocycles. The van der Waals surface area contributed by atoms with Gasteiger partial charge in [0.2, 0.25) is 11.8 Å². The first-order valence-corrected chi connectivity index (χ1v) is 10.9. The summed E-state index contributed by atoms with van der Waals surface area (Å²) in [4.78, 5) is 19.5. The third-order valence-corrected chi connectivity index (χ3v) is 5.71. The molecule has 1 aliphatic carbocycles. The van der Waals surface area contributed by atoms with Crippen molar-refractivity contribution in [1.29, 1.82) is 0 Å². The van der Waals surface area contributed by atoms with Crippen molar-refractivity contribution in [2.24, 2.45) is 5.92 Å². The molecule has 30 heavy (non-hydrogen) atoms. The summed E-state index contributed by atoms with van der Waals surface area (Å²) in [6.07, 6.45) is 5.08. The Morgan fingerprint density at radius 2 is 1.93 bits per heavy atom. The number of aryl methyl sites for hydroxylation is 2. The van der Waals surface area contributed by atoms with Crippen LogP contribution in [0.1, 0.15) is 37.9 Å². The molecule has 1 aromatic heterocycles. The van der Waals surface area contributed by atoms with E-state index in [1.54, 1.807) is 0 Å². The van der Waals surface area contributed by atoms with Gasteiger partial charge in [0.25, 0.3) is 0 Å². The summed E-state index contributed by atoms with van der Waals surface area (Å²) in [5, 5.41) is 4.01. The number of carbonyl (C=O) groups is 1. The highest BCUT2D eigenvalue weighted by atomic mass is 35.5. The second-order valence-electron chi connectivity index (χ2n) is 7.77. The lowest BCUT2D eigenvalue weighted by Gasteiger charge is -2.35. The molecule has 162 valence electrons. The number of hydrogen-bond acceptors (Lipinski definition) is 5.